The molecule has 0 saturated carbocycles. The molecule has 3 amide bonds. The first-order valence-electron chi connectivity index (χ1n) is 7.68. The molecule has 1 aliphatic heterocycles. The third-order valence-electron chi connectivity index (χ3n) is 4.16. The van der Waals surface area contributed by atoms with Gasteiger partial charge in [0, 0.05) is 31.9 Å². The molecule has 1 saturated heterocycles. The molecule has 1 aromatic rings. The topological polar surface area (TPSA) is 52.7 Å². The molecule has 1 aliphatic rings. The van der Waals surface area contributed by atoms with Gasteiger partial charge in [0.15, 0.2) is 0 Å². The quantitative estimate of drug-likeness (QED) is 0.852. The van der Waals surface area contributed by atoms with Crippen LogP contribution in [0.4, 0.5) is 23.7 Å². The standard InChI is InChI=1S/C16H20F3N3O2/c1-11-5-3-6-13(12(11)2)20-15(24)22-8-4-7-21(9-10-22)14(23)16(17,18)19/h3,5-6H,4,7-10H2,1-2H3,(H,20,24). The van der Waals surface area contributed by atoms with E-state index in [-0.39, 0.29) is 25.7 Å². The summed E-state index contributed by atoms with van der Waals surface area (Å²) >= 11 is 0. The number of amides is 3. The Balaban J connectivity index is 1.99. The van der Waals surface area contributed by atoms with Gasteiger partial charge in [-0.25, -0.2) is 4.79 Å². The summed E-state index contributed by atoms with van der Waals surface area (Å²) in [6.07, 6.45) is -4.57. The van der Waals surface area contributed by atoms with Crippen LogP contribution in [-0.4, -0.2) is 54.1 Å². The first-order valence-corrected chi connectivity index (χ1v) is 7.68. The van der Waals surface area contributed by atoms with E-state index in [9.17, 15) is 22.8 Å². The molecule has 24 heavy (non-hydrogen) atoms. The van der Waals surface area contributed by atoms with E-state index >= 15 is 0 Å². The first-order chi connectivity index (χ1) is 11.2. The summed E-state index contributed by atoms with van der Waals surface area (Å²) in [5.41, 5.74) is 2.65. The fourth-order valence-corrected chi connectivity index (χ4v) is 2.58. The summed E-state index contributed by atoms with van der Waals surface area (Å²) in [7, 11) is 0. The Morgan fingerprint density at radius 1 is 1.04 bits per heavy atom. The predicted octanol–water partition coefficient (Wildman–Crippen LogP) is 2.93. The lowest BCUT2D eigenvalue weighted by atomic mass is 10.1. The minimum absolute atomic E-state index is 0.00834. The molecule has 2 rings (SSSR count). The van der Waals surface area contributed by atoms with Crippen LogP contribution < -0.4 is 5.32 Å². The van der Waals surface area contributed by atoms with Gasteiger partial charge in [0.25, 0.3) is 0 Å². The van der Waals surface area contributed by atoms with Crippen LogP contribution in [0.25, 0.3) is 0 Å². The maximum Gasteiger partial charge on any atom is 0.471 e. The van der Waals surface area contributed by atoms with Crippen LogP contribution in [0, 0.1) is 13.8 Å². The van der Waals surface area contributed by atoms with Crippen LogP contribution in [0.2, 0.25) is 0 Å². The predicted molar refractivity (Wildman–Crippen MR) is 83.8 cm³/mol. The molecule has 5 nitrogen and oxygen atoms in total. The number of alkyl halides is 3. The molecule has 0 aromatic heterocycles. The number of rotatable bonds is 1. The zero-order valence-electron chi connectivity index (χ0n) is 13.6. The average molecular weight is 343 g/mol. The highest BCUT2D eigenvalue weighted by Gasteiger charge is 2.42. The zero-order chi connectivity index (χ0) is 17.9. The molecule has 0 bridgehead atoms. The van der Waals surface area contributed by atoms with E-state index in [0.717, 1.165) is 16.0 Å². The number of benzene rings is 1. The van der Waals surface area contributed by atoms with E-state index in [4.69, 9.17) is 0 Å². The number of hydrogen-bond donors (Lipinski definition) is 1. The number of aryl methyl sites for hydroxylation is 1. The van der Waals surface area contributed by atoms with Gasteiger partial charge in [0.2, 0.25) is 0 Å². The van der Waals surface area contributed by atoms with Crippen LogP contribution in [0.5, 0.6) is 0 Å². The van der Waals surface area contributed by atoms with Gasteiger partial charge in [0.05, 0.1) is 0 Å². The molecule has 0 radical (unpaired) electrons. The lowest BCUT2D eigenvalue weighted by Crippen LogP contribution is -2.44. The van der Waals surface area contributed by atoms with E-state index in [1.54, 1.807) is 6.07 Å². The molecule has 0 atom stereocenters. The molecule has 1 fully saturated rings. The summed E-state index contributed by atoms with van der Waals surface area (Å²) in [4.78, 5) is 25.8. The summed E-state index contributed by atoms with van der Waals surface area (Å²) < 4.78 is 37.5. The fraction of sp³-hybridized carbons (Fsp3) is 0.500. The molecule has 1 N–H and O–H groups in total. The SMILES string of the molecule is Cc1cccc(NC(=O)N2CCCN(C(=O)C(F)(F)F)CC2)c1C. The number of carbonyl (C=O) groups is 2. The van der Waals surface area contributed by atoms with Crippen molar-refractivity contribution in [2.75, 3.05) is 31.5 Å². The van der Waals surface area contributed by atoms with Crippen LogP contribution in [-0.2, 0) is 4.79 Å². The highest BCUT2D eigenvalue weighted by Crippen LogP contribution is 2.21. The second-order valence-corrected chi connectivity index (χ2v) is 5.81. The Hall–Kier alpha value is -2.25. The van der Waals surface area contributed by atoms with Gasteiger partial charge >= 0.3 is 18.1 Å². The van der Waals surface area contributed by atoms with Gasteiger partial charge in [-0.15, -0.1) is 0 Å². The van der Waals surface area contributed by atoms with Crippen LogP contribution in [0.15, 0.2) is 18.2 Å². The van der Waals surface area contributed by atoms with Crippen LogP contribution in [0.3, 0.4) is 0 Å². The molecule has 132 valence electrons. The maximum atomic E-state index is 12.5. The molecule has 0 spiro atoms. The zero-order valence-corrected chi connectivity index (χ0v) is 13.6. The largest absolute Gasteiger partial charge is 0.471 e. The minimum Gasteiger partial charge on any atom is -0.333 e. The van der Waals surface area contributed by atoms with Gasteiger partial charge in [-0.2, -0.15) is 13.2 Å². The van der Waals surface area contributed by atoms with Crippen molar-refractivity contribution in [2.45, 2.75) is 26.4 Å². The molecular weight excluding hydrogens is 323 g/mol. The Morgan fingerprint density at radius 3 is 2.33 bits per heavy atom. The molecule has 0 aliphatic carbocycles. The monoisotopic (exact) mass is 343 g/mol. The Bertz CT molecular complexity index is 631. The van der Waals surface area contributed by atoms with Crippen molar-refractivity contribution in [1.29, 1.82) is 0 Å². The van der Waals surface area contributed by atoms with E-state index in [0.29, 0.717) is 18.7 Å². The normalized spacial score (nSPS) is 15.9. The van der Waals surface area contributed by atoms with Gasteiger partial charge in [-0.3, -0.25) is 4.79 Å². The fourth-order valence-electron chi connectivity index (χ4n) is 2.58. The van der Waals surface area contributed by atoms with Crippen LogP contribution >= 0.6 is 0 Å². The summed E-state index contributed by atoms with van der Waals surface area (Å²) in [5, 5.41) is 2.78. The maximum absolute atomic E-state index is 12.5. The number of anilines is 1. The van der Waals surface area contributed by atoms with E-state index in [1.165, 1.54) is 4.90 Å². The highest BCUT2D eigenvalue weighted by atomic mass is 19.4. The number of nitrogens with one attached hydrogen (secondary N) is 1. The van der Waals surface area contributed by atoms with Crippen molar-refractivity contribution in [2.24, 2.45) is 0 Å². The minimum atomic E-state index is -4.88. The van der Waals surface area contributed by atoms with Gasteiger partial charge in [-0.1, -0.05) is 12.1 Å². The number of hydrogen-bond acceptors (Lipinski definition) is 2. The van der Waals surface area contributed by atoms with E-state index in [1.807, 2.05) is 26.0 Å². The molecule has 1 heterocycles. The Kier molecular flexibility index (Phi) is 5.36. The number of halogens is 3. The summed E-state index contributed by atoms with van der Waals surface area (Å²) in [6.45, 7) is 4.05. The molecule has 1 aromatic carbocycles. The van der Waals surface area contributed by atoms with Gasteiger partial charge < -0.3 is 15.1 Å². The average Bonchev–Trinajstić information content (AvgIpc) is 2.76. The van der Waals surface area contributed by atoms with Gasteiger partial charge in [-0.05, 0) is 37.5 Å². The smallest absolute Gasteiger partial charge is 0.333 e. The molecule has 0 unspecified atom stereocenters. The lowest BCUT2D eigenvalue weighted by molar-refractivity contribution is -0.185. The lowest BCUT2D eigenvalue weighted by Gasteiger charge is -2.23. The van der Waals surface area contributed by atoms with E-state index < -0.39 is 12.1 Å². The van der Waals surface area contributed by atoms with Crippen molar-refractivity contribution in [3.05, 3.63) is 29.3 Å². The third-order valence-corrected chi connectivity index (χ3v) is 4.16. The number of carbonyl (C=O) groups excluding carboxylic acids is 2. The summed E-state index contributed by atoms with van der Waals surface area (Å²) in [5.74, 6) is -1.85. The second-order valence-electron chi connectivity index (χ2n) is 5.81. The van der Waals surface area contributed by atoms with Crippen molar-refractivity contribution in [3.63, 3.8) is 0 Å². The van der Waals surface area contributed by atoms with Crippen molar-refractivity contribution in [3.8, 4) is 0 Å². The van der Waals surface area contributed by atoms with Gasteiger partial charge in [0.1, 0.15) is 0 Å². The van der Waals surface area contributed by atoms with Crippen LogP contribution in [0.1, 0.15) is 17.5 Å². The number of nitrogens with zero attached hydrogens (tertiary/aromatic N) is 2. The highest BCUT2D eigenvalue weighted by molar-refractivity contribution is 5.90. The second kappa shape index (κ2) is 7.11. The summed E-state index contributed by atoms with van der Waals surface area (Å²) in [6, 6.07) is 5.16. The van der Waals surface area contributed by atoms with Crippen molar-refractivity contribution >= 4 is 17.6 Å². The van der Waals surface area contributed by atoms with Crippen molar-refractivity contribution in [1.82, 2.24) is 9.80 Å². The number of urea groups is 1. The van der Waals surface area contributed by atoms with E-state index in [2.05, 4.69) is 5.32 Å². The third kappa shape index (κ3) is 4.18. The molecular formula is C16H20F3N3O2. The molecule has 8 heteroatoms. The van der Waals surface area contributed by atoms with Crippen molar-refractivity contribution < 1.29 is 22.8 Å². The Morgan fingerprint density at radius 2 is 1.67 bits per heavy atom. The first kappa shape index (κ1) is 18.1. The Labute approximate surface area is 138 Å².